The Balaban J connectivity index is 1.99. The minimum Gasteiger partial charge on any atom is -0.489 e. The summed E-state index contributed by atoms with van der Waals surface area (Å²) in [4.78, 5) is 0. The van der Waals surface area contributed by atoms with Crippen molar-refractivity contribution >= 4 is 11.4 Å². The molecule has 0 radical (unpaired) electrons. The second-order valence-corrected chi connectivity index (χ2v) is 5.49. The van der Waals surface area contributed by atoms with E-state index in [1.807, 2.05) is 32.0 Å². The normalized spacial score (nSPS) is 10.7. The van der Waals surface area contributed by atoms with Gasteiger partial charge in [-0.25, -0.2) is 0 Å². The average molecular weight is 284 g/mol. The predicted molar refractivity (Wildman–Crippen MR) is 90.0 cm³/mol. The Kier molecular flexibility index (Phi) is 5.09. The van der Waals surface area contributed by atoms with Gasteiger partial charge in [-0.15, -0.1) is 0 Å². The number of aryl methyl sites for hydroxylation is 1. The molecule has 0 saturated heterocycles. The molecule has 112 valence electrons. The Labute approximate surface area is 127 Å². The van der Waals surface area contributed by atoms with E-state index in [2.05, 4.69) is 36.5 Å². The van der Waals surface area contributed by atoms with E-state index in [-0.39, 0.29) is 6.10 Å². The van der Waals surface area contributed by atoms with Crippen LogP contribution in [0.4, 0.5) is 11.4 Å². The first-order chi connectivity index (χ1) is 10.1. The lowest BCUT2D eigenvalue weighted by Gasteiger charge is -2.16. The van der Waals surface area contributed by atoms with E-state index in [1.54, 1.807) is 0 Å². The highest BCUT2D eigenvalue weighted by atomic mass is 16.5. The number of hydrogen-bond donors (Lipinski definition) is 2. The average Bonchev–Trinajstić information content (AvgIpc) is 2.44. The van der Waals surface area contributed by atoms with Crippen LogP contribution < -0.4 is 15.8 Å². The maximum absolute atomic E-state index is 6.15. The van der Waals surface area contributed by atoms with E-state index in [4.69, 9.17) is 10.5 Å². The van der Waals surface area contributed by atoms with Crippen LogP contribution in [0.15, 0.2) is 42.5 Å². The number of anilines is 2. The van der Waals surface area contributed by atoms with E-state index >= 15 is 0 Å². The molecule has 0 heterocycles. The fourth-order valence-corrected chi connectivity index (χ4v) is 2.28. The van der Waals surface area contributed by atoms with Crippen molar-refractivity contribution in [3.05, 3.63) is 53.6 Å². The van der Waals surface area contributed by atoms with E-state index < -0.39 is 0 Å². The van der Waals surface area contributed by atoms with Gasteiger partial charge in [0.1, 0.15) is 5.75 Å². The monoisotopic (exact) mass is 284 g/mol. The van der Waals surface area contributed by atoms with Crippen LogP contribution in [-0.2, 0) is 6.42 Å². The van der Waals surface area contributed by atoms with Gasteiger partial charge in [0, 0.05) is 6.54 Å². The summed E-state index contributed by atoms with van der Waals surface area (Å²) in [5, 5.41) is 3.40. The summed E-state index contributed by atoms with van der Waals surface area (Å²) < 4.78 is 5.70. The molecule has 3 N–H and O–H groups in total. The fraction of sp³-hybridized carbons (Fsp3) is 0.333. The Bertz CT molecular complexity index is 594. The molecular formula is C18H24N2O. The molecule has 2 aromatic rings. The molecule has 0 unspecified atom stereocenters. The maximum atomic E-state index is 6.15. The second-order valence-electron chi connectivity index (χ2n) is 5.49. The summed E-state index contributed by atoms with van der Waals surface area (Å²) in [7, 11) is 0. The van der Waals surface area contributed by atoms with E-state index in [1.165, 1.54) is 11.1 Å². The molecule has 0 amide bonds. The SMILES string of the molecule is Cc1ccccc1CCNc1cccc(OC(C)C)c1N. The van der Waals surface area contributed by atoms with Crippen LogP contribution in [0, 0.1) is 6.92 Å². The Morgan fingerprint density at radius 1 is 1.10 bits per heavy atom. The molecule has 2 rings (SSSR count). The summed E-state index contributed by atoms with van der Waals surface area (Å²) in [6, 6.07) is 14.3. The number of ether oxygens (including phenoxy) is 1. The minimum atomic E-state index is 0.120. The number of rotatable bonds is 6. The van der Waals surface area contributed by atoms with E-state index in [0.29, 0.717) is 5.69 Å². The number of nitrogens with one attached hydrogen (secondary N) is 1. The van der Waals surface area contributed by atoms with Crippen molar-refractivity contribution < 1.29 is 4.74 Å². The summed E-state index contributed by atoms with van der Waals surface area (Å²) in [5.74, 6) is 0.742. The third-order valence-corrected chi connectivity index (χ3v) is 3.40. The van der Waals surface area contributed by atoms with Gasteiger partial charge in [0.05, 0.1) is 17.5 Å². The highest BCUT2D eigenvalue weighted by Crippen LogP contribution is 2.30. The largest absolute Gasteiger partial charge is 0.489 e. The highest BCUT2D eigenvalue weighted by molar-refractivity contribution is 5.72. The first kappa shape index (κ1) is 15.2. The maximum Gasteiger partial charge on any atom is 0.144 e. The van der Waals surface area contributed by atoms with Gasteiger partial charge in [-0.05, 0) is 50.5 Å². The fourth-order valence-electron chi connectivity index (χ4n) is 2.28. The van der Waals surface area contributed by atoms with Gasteiger partial charge in [0.2, 0.25) is 0 Å². The van der Waals surface area contributed by atoms with Crippen molar-refractivity contribution in [2.24, 2.45) is 0 Å². The number of nitrogen functional groups attached to an aromatic ring is 1. The Morgan fingerprint density at radius 3 is 2.57 bits per heavy atom. The second kappa shape index (κ2) is 7.02. The molecule has 0 aliphatic heterocycles. The quantitative estimate of drug-likeness (QED) is 0.788. The van der Waals surface area contributed by atoms with Crippen molar-refractivity contribution in [3.63, 3.8) is 0 Å². The first-order valence-corrected chi connectivity index (χ1v) is 7.41. The van der Waals surface area contributed by atoms with Crippen LogP contribution in [0.25, 0.3) is 0 Å². The summed E-state index contributed by atoms with van der Waals surface area (Å²) in [5.41, 5.74) is 10.4. The molecule has 0 aliphatic rings. The molecule has 0 aromatic heterocycles. The van der Waals surface area contributed by atoms with Crippen molar-refractivity contribution in [3.8, 4) is 5.75 Å². The lowest BCUT2D eigenvalue weighted by atomic mass is 10.1. The third kappa shape index (κ3) is 4.15. The number of benzene rings is 2. The molecule has 0 saturated carbocycles. The van der Waals surface area contributed by atoms with Crippen molar-refractivity contribution in [1.29, 1.82) is 0 Å². The van der Waals surface area contributed by atoms with E-state index in [0.717, 1.165) is 24.4 Å². The van der Waals surface area contributed by atoms with E-state index in [9.17, 15) is 0 Å². The number of hydrogen-bond acceptors (Lipinski definition) is 3. The van der Waals surface area contributed by atoms with Crippen LogP contribution in [-0.4, -0.2) is 12.6 Å². The van der Waals surface area contributed by atoms with Gasteiger partial charge in [-0.3, -0.25) is 0 Å². The van der Waals surface area contributed by atoms with Crippen molar-refractivity contribution in [1.82, 2.24) is 0 Å². The molecule has 0 spiro atoms. The van der Waals surface area contributed by atoms with Crippen LogP contribution >= 0.6 is 0 Å². The Hall–Kier alpha value is -2.16. The standard InChI is InChI=1S/C18H24N2O/c1-13(2)21-17-10-6-9-16(18(17)19)20-12-11-15-8-5-4-7-14(15)3/h4-10,13,20H,11-12,19H2,1-3H3. The topological polar surface area (TPSA) is 47.3 Å². The van der Waals surface area contributed by atoms with Gasteiger partial charge >= 0.3 is 0 Å². The van der Waals surface area contributed by atoms with Crippen LogP contribution in [0.1, 0.15) is 25.0 Å². The molecule has 0 aliphatic carbocycles. The van der Waals surface area contributed by atoms with Crippen molar-refractivity contribution in [2.45, 2.75) is 33.3 Å². The smallest absolute Gasteiger partial charge is 0.144 e. The van der Waals surface area contributed by atoms with Crippen molar-refractivity contribution in [2.75, 3.05) is 17.6 Å². The van der Waals surface area contributed by atoms with Crippen LogP contribution in [0.2, 0.25) is 0 Å². The molecular weight excluding hydrogens is 260 g/mol. The van der Waals surface area contributed by atoms with Gasteiger partial charge in [0.25, 0.3) is 0 Å². The lowest BCUT2D eigenvalue weighted by Crippen LogP contribution is -2.11. The predicted octanol–water partition coefficient (Wildman–Crippen LogP) is 4.02. The zero-order chi connectivity index (χ0) is 15.2. The minimum absolute atomic E-state index is 0.120. The third-order valence-electron chi connectivity index (χ3n) is 3.40. The molecule has 3 heteroatoms. The molecule has 3 nitrogen and oxygen atoms in total. The lowest BCUT2D eigenvalue weighted by molar-refractivity contribution is 0.244. The number of para-hydroxylation sites is 1. The zero-order valence-corrected chi connectivity index (χ0v) is 13.0. The number of nitrogens with two attached hydrogens (primary N) is 1. The van der Waals surface area contributed by atoms with Gasteiger partial charge < -0.3 is 15.8 Å². The highest BCUT2D eigenvalue weighted by Gasteiger charge is 2.07. The molecule has 0 atom stereocenters. The molecule has 2 aromatic carbocycles. The summed E-state index contributed by atoms with van der Waals surface area (Å²) >= 11 is 0. The van der Waals surface area contributed by atoms with Crippen LogP contribution in [0.5, 0.6) is 5.75 Å². The van der Waals surface area contributed by atoms with Gasteiger partial charge in [-0.2, -0.15) is 0 Å². The first-order valence-electron chi connectivity index (χ1n) is 7.41. The van der Waals surface area contributed by atoms with Gasteiger partial charge in [-0.1, -0.05) is 30.3 Å². The van der Waals surface area contributed by atoms with Gasteiger partial charge in [0.15, 0.2) is 0 Å². The summed E-state index contributed by atoms with van der Waals surface area (Å²) in [6.45, 7) is 6.98. The molecule has 21 heavy (non-hydrogen) atoms. The van der Waals surface area contributed by atoms with Crippen LogP contribution in [0.3, 0.4) is 0 Å². The summed E-state index contributed by atoms with van der Waals surface area (Å²) in [6.07, 6.45) is 1.09. The molecule has 0 bridgehead atoms. The molecule has 0 fully saturated rings. The Morgan fingerprint density at radius 2 is 1.86 bits per heavy atom. The zero-order valence-electron chi connectivity index (χ0n) is 13.0.